The zero-order valence-corrected chi connectivity index (χ0v) is 21.8. The summed E-state index contributed by atoms with van der Waals surface area (Å²) in [6, 6.07) is 3.22. The molecule has 202 valence electrons. The Balaban J connectivity index is 1.40. The number of hydrogen-bond donors (Lipinski definition) is 2. The van der Waals surface area contributed by atoms with E-state index in [0.717, 1.165) is 38.1 Å². The maximum Gasteiger partial charge on any atom is 0.407 e. The average Bonchev–Trinajstić information content (AvgIpc) is 3.25. The van der Waals surface area contributed by atoms with Crippen molar-refractivity contribution in [3.05, 3.63) is 47.8 Å². The van der Waals surface area contributed by atoms with Gasteiger partial charge in [0.2, 0.25) is 5.95 Å². The van der Waals surface area contributed by atoms with E-state index in [1.54, 1.807) is 33.2 Å². The van der Waals surface area contributed by atoms with Gasteiger partial charge in [0.15, 0.2) is 5.75 Å². The van der Waals surface area contributed by atoms with Gasteiger partial charge in [-0.1, -0.05) is 0 Å². The van der Waals surface area contributed by atoms with Crippen LogP contribution in [0, 0.1) is 23.5 Å². The van der Waals surface area contributed by atoms with Gasteiger partial charge in [0.25, 0.3) is 0 Å². The standard InChI is InChI=1S/C27H37F2N5O3/c1-27(2,3)37-26(35)33-24-16-34(15-20(24)5-4-19-12-21(28)6-7-23(19)29)25-31-13-22(14-32-25)36-17-18-8-10-30-11-9-18/h6-7,12-14,18,20,24,30H,4-5,8-11,15-17H2,1-3H3,(H,33,35). The van der Waals surface area contributed by atoms with E-state index in [1.807, 2.05) is 4.90 Å². The maximum absolute atomic E-state index is 14.2. The topological polar surface area (TPSA) is 88.6 Å². The number of benzene rings is 1. The van der Waals surface area contributed by atoms with Crippen molar-refractivity contribution in [3.8, 4) is 5.75 Å². The Kier molecular flexibility index (Phi) is 8.79. The van der Waals surface area contributed by atoms with Gasteiger partial charge in [0.05, 0.1) is 25.0 Å². The molecule has 2 aliphatic heterocycles. The molecular formula is C27H37F2N5O3. The first-order chi connectivity index (χ1) is 17.7. The minimum atomic E-state index is -0.629. The fourth-order valence-electron chi connectivity index (χ4n) is 4.84. The van der Waals surface area contributed by atoms with Crippen LogP contribution in [0.4, 0.5) is 19.5 Å². The van der Waals surface area contributed by atoms with Gasteiger partial charge < -0.3 is 25.0 Å². The van der Waals surface area contributed by atoms with Crippen LogP contribution in [0.5, 0.6) is 5.75 Å². The minimum absolute atomic E-state index is 0.0328. The molecule has 4 rings (SSSR count). The number of alkyl carbamates (subject to hydrolysis) is 1. The largest absolute Gasteiger partial charge is 0.490 e. The first-order valence-corrected chi connectivity index (χ1v) is 13.0. The highest BCUT2D eigenvalue weighted by Gasteiger charge is 2.36. The molecule has 2 N–H and O–H groups in total. The highest BCUT2D eigenvalue weighted by Crippen LogP contribution is 2.27. The third-order valence-corrected chi connectivity index (χ3v) is 6.78. The van der Waals surface area contributed by atoms with Crippen LogP contribution >= 0.6 is 0 Å². The molecule has 2 unspecified atom stereocenters. The van der Waals surface area contributed by atoms with Gasteiger partial charge in [0, 0.05) is 13.1 Å². The normalized spacial score (nSPS) is 20.6. The van der Waals surface area contributed by atoms with Crippen molar-refractivity contribution in [2.75, 3.05) is 37.7 Å². The van der Waals surface area contributed by atoms with Crippen molar-refractivity contribution in [1.29, 1.82) is 0 Å². The molecule has 1 aromatic heterocycles. The lowest BCUT2D eigenvalue weighted by Gasteiger charge is -2.24. The summed E-state index contributed by atoms with van der Waals surface area (Å²) in [6.45, 7) is 9.14. The number of aromatic nitrogens is 2. The van der Waals surface area contributed by atoms with Crippen LogP contribution in [0.15, 0.2) is 30.6 Å². The Labute approximate surface area is 217 Å². The summed E-state index contributed by atoms with van der Waals surface area (Å²) < 4.78 is 39.2. The summed E-state index contributed by atoms with van der Waals surface area (Å²) in [4.78, 5) is 23.5. The van der Waals surface area contributed by atoms with Crippen LogP contribution in [0.25, 0.3) is 0 Å². The number of nitrogens with one attached hydrogen (secondary N) is 2. The van der Waals surface area contributed by atoms with Crippen molar-refractivity contribution in [2.24, 2.45) is 11.8 Å². The summed E-state index contributed by atoms with van der Waals surface area (Å²) in [5.41, 5.74) is -0.309. The molecule has 3 heterocycles. The fraction of sp³-hybridized carbons (Fsp3) is 0.593. The number of carbonyl (C=O) groups excluding carboxylic acids is 1. The molecule has 0 spiro atoms. The first-order valence-electron chi connectivity index (χ1n) is 13.0. The molecule has 0 bridgehead atoms. The molecule has 2 fully saturated rings. The number of piperidine rings is 1. The van der Waals surface area contributed by atoms with Crippen molar-refractivity contribution in [2.45, 2.75) is 58.1 Å². The highest BCUT2D eigenvalue weighted by molar-refractivity contribution is 5.68. The molecule has 0 saturated carbocycles. The highest BCUT2D eigenvalue weighted by atomic mass is 19.1. The lowest BCUT2D eigenvalue weighted by Crippen LogP contribution is -2.43. The predicted octanol–water partition coefficient (Wildman–Crippen LogP) is 4.10. The molecule has 37 heavy (non-hydrogen) atoms. The number of ether oxygens (including phenoxy) is 2. The van der Waals surface area contributed by atoms with E-state index in [4.69, 9.17) is 9.47 Å². The van der Waals surface area contributed by atoms with E-state index < -0.39 is 23.3 Å². The number of aryl methyl sites for hydroxylation is 1. The average molecular weight is 518 g/mol. The summed E-state index contributed by atoms with van der Waals surface area (Å²) in [5.74, 6) is 0.755. The van der Waals surface area contributed by atoms with Crippen LogP contribution in [-0.2, 0) is 11.2 Å². The van der Waals surface area contributed by atoms with E-state index in [1.165, 1.54) is 6.07 Å². The van der Waals surface area contributed by atoms with E-state index >= 15 is 0 Å². The number of anilines is 1. The molecular weight excluding hydrogens is 480 g/mol. The zero-order valence-electron chi connectivity index (χ0n) is 21.8. The van der Waals surface area contributed by atoms with Gasteiger partial charge >= 0.3 is 6.09 Å². The second-order valence-electron chi connectivity index (χ2n) is 10.9. The third kappa shape index (κ3) is 7.99. The van der Waals surface area contributed by atoms with E-state index in [0.29, 0.717) is 55.7 Å². The van der Waals surface area contributed by atoms with E-state index in [2.05, 4.69) is 20.6 Å². The van der Waals surface area contributed by atoms with Gasteiger partial charge in [-0.15, -0.1) is 0 Å². The fourth-order valence-corrected chi connectivity index (χ4v) is 4.84. The smallest absolute Gasteiger partial charge is 0.407 e. The molecule has 2 saturated heterocycles. The van der Waals surface area contributed by atoms with Crippen LogP contribution in [0.2, 0.25) is 0 Å². The van der Waals surface area contributed by atoms with Crippen LogP contribution in [-0.4, -0.2) is 60.5 Å². The summed E-state index contributed by atoms with van der Waals surface area (Å²) >= 11 is 0. The molecule has 0 radical (unpaired) electrons. The number of nitrogens with zero attached hydrogens (tertiary/aromatic N) is 3. The molecule has 1 aromatic carbocycles. The van der Waals surface area contributed by atoms with Gasteiger partial charge in [-0.25, -0.2) is 23.5 Å². The molecule has 2 aromatic rings. The van der Waals surface area contributed by atoms with Crippen molar-refractivity contribution in [3.63, 3.8) is 0 Å². The van der Waals surface area contributed by atoms with Gasteiger partial charge in [-0.3, -0.25) is 0 Å². The summed E-state index contributed by atoms with van der Waals surface area (Å²) in [7, 11) is 0. The Morgan fingerprint density at radius 1 is 1.16 bits per heavy atom. The Bertz CT molecular complexity index is 1040. The SMILES string of the molecule is CC(C)(C)OC(=O)NC1CN(c2ncc(OCC3CCNCC3)cn2)CC1CCc1cc(F)ccc1F. The molecule has 0 aliphatic carbocycles. The number of amides is 1. The number of carbonyl (C=O) groups is 1. The Morgan fingerprint density at radius 3 is 2.59 bits per heavy atom. The van der Waals surface area contributed by atoms with E-state index in [-0.39, 0.29) is 12.0 Å². The lowest BCUT2D eigenvalue weighted by molar-refractivity contribution is 0.0496. The zero-order chi connectivity index (χ0) is 26.4. The van der Waals surface area contributed by atoms with Crippen molar-refractivity contribution >= 4 is 12.0 Å². The monoisotopic (exact) mass is 517 g/mol. The van der Waals surface area contributed by atoms with Gasteiger partial charge in [0.1, 0.15) is 17.2 Å². The van der Waals surface area contributed by atoms with Gasteiger partial charge in [-0.2, -0.15) is 0 Å². The summed E-state index contributed by atoms with van der Waals surface area (Å²) in [5, 5.41) is 6.31. The number of hydrogen-bond acceptors (Lipinski definition) is 7. The first kappa shape index (κ1) is 27.0. The van der Waals surface area contributed by atoms with Crippen molar-refractivity contribution in [1.82, 2.24) is 20.6 Å². The lowest BCUT2D eigenvalue weighted by atomic mass is 9.95. The molecule has 1 amide bonds. The Morgan fingerprint density at radius 2 is 1.89 bits per heavy atom. The maximum atomic E-state index is 14.2. The van der Waals surface area contributed by atoms with Crippen molar-refractivity contribution < 1.29 is 23.0 Å². The second kappa shape index (κ2) is 12.0. The molecule has 8 nitrogen and oxygen atoms in total. The van der Waals surface area contributed by atoms with Crippen LogP contribution in [0.3, 0.4) is 0 Å². The second-order valence-corrected chi connectivity index (χ2v) is 10.9. The summed E-state index contributed by atoms with van der Waals surface area (Å²) in [6.07, 6.45) is 5.93. The number of halogens is 2. The number of rotatable bonds is 8. The third-order valence-electron chi connectivity index (χ3n) is 6.78. The predicted molar refractivity (Wildman–Crippen MR) is 137 cm³/mol. The Hall–Kier alpha value is -3.01. The van der Waals surface area contributed by atoms with Crippen LogP contribution < -0.4 is 20.3 Å². The molecule has 2 aliphatic rings. The minimum Gasteiger partial charge on any atom is -0.490 e. The van der Waals surface area contributed by atoms with E-state index in [9.17, 15) is 13.6 Å². The quantitative estimate of drug-likeness (QED) is 0.545. The van der Waals surface area contributed by atoms with Gasteiger partial charge in [-0.05, 0) is 95.1 Å². The molecule has 10 heteroatoms. The van der Waals surface area contributed by atoms with Crippen LogP contribution in [0.1, 0.15) is 45.6 Å². The molecule has 2 atom stereocenters.